The van der Waals surface area contributed by atoms with Crippen LogP contribution in [-0.2, 0) is 4.74 Å². The van der Waals surface area contributed by atoms with E-state index in [9.17, 15) is 0 Å². The highest BCUT2D eigenvalue weighted by Gasteiger charge is 2.28. The van der Waals surface area contributed by atoms with Crippen molar-refractivity contribution in [1.29, 1.82) is 0 Å². The summed E-state index contributed by atoms with van der Waals surface area (Å²) in [7, 11) is 0. The molecule has 5 heterocycles. The minimum Gasteiger partial charge on any atom is -0.403 e. The predicted molar refractivity (Wildman–Crippen MR) is 129 cm³/mol. The van der Waals surface area contributed by atoms with Gasteiger partial charge in [0.25, 0.3) is 0 Å². The number of aromatic nitrogens is 3. The number of morpholine rings is 1. The molecular weight excluding hydrogens is 419 g/mol. The third kappa shape index (κ3) is 4.24. The van der Waals surface area contributed by atoms with Gasteiger partial charge in [-0.3, -0.25) is 9.88 Å². The molecule has 0 aromatic carbocycles. The first-order chi connectivity index (χ1) is 16.2. The van der Waals surface area contributed by atoms with Gasteiger partial charge in [-0.05, 0) is 36.1 Å². The number of allylic oxidation sites excluding steroid dienone is 1. The number of anilines is 1. The molecule has 0 bridgehead atoms. The lowest BCUT2D eigenvalue weighted by Crippen LogP contribution is -2.49. The summed E-state index contributed by atoms with van der Waals surface area (Å²) in [6.07, 6.45) is 10.2. The first-order valence-electron chi connectivity index (χ1n) is 11.4. The summed E-state index contributed by atoms with van der Waals surface area (Å²) in [5.74, 6) is -0.323. The monoisotopic (exact) mass is 448 g/mol. The predicted octanol–water partition coefficient (Wildman–Crippen LogP) is 1.59. The van der Waals surface area contributed by atoms with E-state index in [1.165, 1.54) is 12.4 Å². The van der Waals surface area contributed by atoms with Crippen LogP contribution in [0.1, 0.15) is 18.4 Å². The van der Waals surface area contributed by atoms with E-state index in [1.807, 2.05) is 18.2 Å². The van der Waals surface area contributed by atoms with Crippen molar-refractivity contribution in [3.8, 4) is 0 Å². The number of pyridine rings is 2. The van der Waals surface area contributed by atoms with Gasteiger partial charge in [-0.1, -0.05) is 12.6 Å². The van der Waals surface area contributed by atoms with E-state index in [0.29, 0.717) is 22.7 Å². The number of hydrogen-bond donors (Lipinski definition) is 2. The molecule has 33 heavy (non-hydrogen) atoms. The van der Waals surface area contributed by atoms with Crippen molar-refractivity contribution >= 4 is 34.6 Å². The molecule has 3 aromatic heterocycles. The van der Waals surface area contributed by atoms with E-state index < -0.39 is 0 Å². The number of fused-ring (bicyclic) bond motifs is 1. The molecule has 3 N–H and O–H groups in total. The highest BCUT2D eigenvalue weighted by Crippen LogP contribution is 2.29. The molecule has 0 radical (unpaired) electrons. The number of rotatable bonds is 4. The molecule has 2 saturated heterocycles. The number of nitrogens with one attached hydrogen (secondary N) is 1. The number of aromatic amines is 1. The second-order valence-electron chi connectivity index (χ2n) is 8.58. The maximum atomic E-state index is 15.3. The molecule has 0 atom stereocenters. The molecule has 0 aliphatic carbocycles. The zero-order valence-electron chi connectivity index (χ0n) is 18.6. The molecule has 2 fully saturated rings. The molecule has 0 saturated carbocycles. The summed E-state index contributed by atoms with van der Waals surface area (Å²) >= 11 is 0. The summed E-state index contributed by atoms with van der Waals surface area (Å²) in [5.41, 5.74) is 8.79. The van der Waals surface area contributed by atoms with Crippen LogP contribution in [-0.4, -0.2) is 65.3 Å². The fourth-order valence-electron chi connectivity index (χ4n) is 4.96. The van der Waals surface area contributed by atoms with Crippen LogP contribution in [0.5, 0.6) is 0 Å². The van der Waals surface area contributed by atoms with E-state index in [4.69, 9.17) is 10.5 Å². The van der Waals surface area contributed by atoms with E-state index in [-0.39, 0.29) is 5.82 Å². The van der Waals surface area contributed by atoms with Crippen molar-refractivity contribution in [2.45, 2.75) is 18.9 Å². The topological polar surface area (TPSA) is 83.3 Å². The Morgan fingerprint density at radius 2 is 2.00 bits per heavy atom. The van der Waals surface area contributed by atoms with Crippen LogP contribution >= 0.6 is 0 Å². The Bertz CT molecular complexity index is 1260. The normalized spacial score (nSPS) is 19.5. The minimum atomic E-state index is -0.323. The summed E-state index contributed by atoms with van der Waals surface area (Å²) in [6.45, 7) is 9.31. The summed E-state index contributed by atoms with van der Waals surface area (Å²) < 4.78 is 20.8. The van der Waals surface area contributed by atoms with Gasteiger partial charge in [-0.15, -0.1) is 0 Å². The van der Waals surface area contributed by atoms with Gasteiger partial charge in [0.2, 0.25) is 0 Å². The van der Waals surface area contributed by atoms with E-state index >= 15 is 4.39 Å². The van der Waals surface area contributed by atoms with Crippen molar-refractivity contribution in [3.05, 3.63) is 59.3 Å². The Morgan fingerprint density at radius 3 is 2.70 bits per heavy atom. The third-order valence-corrected chi connectivity index (χ3v) is 6.68. The van der Waals surface area contributed by atoms with Crippen molar-refractivity contribution in [1.82, 2.24) is 19.9 Å². The summed E-state index contributed by atoms with van der Waals surface area (Å²) in [4.78, 5) is 16.4. The SMILES string of the molecule is C=C(/C=c1\c(=C/N)[nH]c2ncc(F)c(N3CCC(N4CCOCC4)CC3)c12)c1cccnc1. The van der Waals surface area contributed by atoms with Crippen LogP contribution in [0.4, 0.5) is 10.1 Å². The Kier molecular flexibility index (Phi) is 6.11. The fourth-order valence-corrected chi connectivity index (χ4v) is 4.96. The molecule has 3 aromatic rings. The van der Waals surface area contributed by atoms with Gasteiger partial charge in [0.05, 0.1) is 35.8 Å². The van der Waals surface area contributed by atoms with Gasteiger partial charge in [0.1, 0.15) is 5.65 Å². The summed E-state index contributed by atoms with van der Waals surface area (Å²) in [5, 5.41) is 2.22. The second kappa shape index (κ2) is 9.33. The maximum Gasteiger partial charge on any atom is 0.165 e. The highest BCUT2D eigenvalue weighted by molar-refractivity contribution is 5.96. The zero-order valence-corrected chi connectivity index (χ0v) is 18.6. The van der Waals surface area contributed by atoms with Crippen LogP contribution in [0.3, 0.4) is 0 Å². The van der Waals surface area contributed by atoms with E-state index in [2.05, 4.69) is 31.3 Å². The third-order valence-electron chi connectivity index (χ3n) is 6.68. The van der Waals surface area contributed by atoms with Gasteiger partial charge in [-0.2, -0.15) is 0 Å². The van der Waals surface area contributed by atoms with Crippen molar-refractivity contribution < 1.29 is 9.13 Å². The van der Waals surface area contributed by atoms with Crippen LogP contribution in [0.15, 0.2) is 37.3 Å². The molecule has 0 spiro atoms. The molecule has 172 valence electrons. The Morgan fingerprint density at radius 1 is 1.21 bits per heavy atom. The number of hydrogen-bond acceptors (Lipinski definition) is 6. The van der Waals surface area contributed by atoms with Crippen molar-refractivity contribution in [2.24, 2.45) is 5.73 Å². The van der Waals surface area contributed by atoms with Gasteiger partial charge in [-0.25, -0.2) is 9.37 Å². The van der Waals surface area contributed by atoms with Crippen LogP contribution in [0, 0.1) is 5.82 Å². The van der Waals surface area contributed by atoms with E-state index in [1.54, 1.807) is 12.4 Å². The molecule has 8 heteroatoms. The fraction of sp³-hybridized carbons (Fsp3) is 0.360. The van der Waals surface area contributed by atoms with Crippen LogP contribution in [0.25, 0.3) is 28.9 Å². The van der Waals surface area contributed by atoms with Gasteiger partial charge in [0.15, 0.2) is 5.82 Å². The lowest BCUT2D eigenvalue weighted by Gasteiger charge is -2.41. The largest absolute Gasteiger partial charge is 0.403 e. The van der Waals surface area contributed by atoms with Gasteiger partial charge < -0.3 is 20.4 Å². The van der Waals surface area contributed by atoms with Crippen molar-refractivity contribution in [3.63, 3.8) is 0 Å². The lowest BCUT2D eigenvalue weighted by molar-refractivity contribution is 0.0115. The number of H-pyrrole nitrogens is 1. The summed E-state index contributed by atoms with van der Waals surface area (Å²) in [6, 6.07) is 4.33. The zero-order chi connectivity index (χ0) is 22.8. The van der Waals surface area contributed by atoms with Gasteiger partial charge >= 0.3 is 0 Å². The average Bonchev–Trinajstić information content (AvgIpc) is 3.22. The van der Waals surface area contributed by atoms with Gasteiger partial charge in [0, 0.05) is 56.0 Å². The van der Waals surface area contributed by atoms with Crippen LogP contribution < -0.4 is 21.2 Å². The Labute approximate surface area is 192 Å². The Hall–Kier alpha value is -3.23. The van der Waals surface area contributed by atoms with Crippen molar-refractivity contribution in [2.75, 3.05) is 44.3 Å². The molecule has 2 aliphatic heterocycles. The number of ether oxygens (including phenoxy) is 1. The first-order valence-corrected chi connectivity index (χ1v) is 11.4. The lowest BCUT2D eigenvalue weighted by atomic mass is 10.0. The number of piperidine rings is 1. The second-order valence-corrected chi connectivity index (χ2v) is 8.58. The number of nitrogens with two attached hydrogens (primary N) is 1. The number of nitrogens with zero attached hydrogens (tertiary/aromatic N) is 4. The minimum absolute atomic E-state index is 0.323. The van der Waals surface area contributed by atoms with Crippen LogP contribution in [0.2, 0.25) is 0 Å². The standard InChI is InChI=1S/C25H29FN6O/c1-17(18-3-2-6-28-15-18)13-20-22(14-27)30-25-23(20)24(21(26)16-29-25)32-7-4-19(5-8-32)31-9-11-33-12-10-31/h2-3,6,13-16,19H,1,4-5,7-12,27H2,(H,29,30)/b20-13+,22-14+. The smallest absolute Gasteiger partial charge is 0.165 e. The molecule has 2 aliphatic rings. The highest BCUT2D eigenvalue weighted by atomic mass is 19.1. The first kappa shape index (κ1) is 21.6. The molecule has 5 rings (SSSR count). The van der Waals surface area contributed by atoms with E-state index in [0.717, 1.165) is 74.0 Å². The number of halogens is 1. The quantitative estimate of drug-likeness (QED) is 0.631. The maximum absolute atomic E-state index is 15.3. The molecule has 0 amide bonds. The average molecular weight is 449 g/mol. The molecule has 7 nitrogen and oxygen atoms in total. The Balaban J connectivity index is 1.53. The molecule has 0 unspecified atom stereocenters. The molecular formula is C25H29FN6O.